The van der Waals surface area contributed by atoms with Gasteiger partial charge in [-0.1, -0.05) is 38.8 Å². The molecule has 2 rings (SSSR count). The first kappa shape index (κ1) is 13.6. The molecule has 0 amide bonds. The molecule has 102 valence electrons. The third kappa shape index (κ3) is 2.10. The van der Waals surface area contributed by atoms with Crippen LogP contribution in [0.1, 0.15) is 66.2 Å². The fraction of sp³-hybridized carbons (Fsp3) is 0.812. The van der Waals surface area contributed by atoms with Gasteiger partial charge in [-0.3, -0.25) is 4.79 Å². The monoisotopic (exact) mass is 250 g/mol. The van der Waals surface area contributed by atoms with E-state index in [0.29, 0.717) is 12.3 Å². The van der Waals surface area contributed by atoms with Crippen LogP contribution < -0.4 is 0 Å². The third-order valence-corrected chi connectivity index (χ3v) is 5.53. The molecule has 0 spiro atoms. The smallest absolute Gasteiger partial charge is 0.304 e. The van der Waals surface area contributed by atoms with Gasteiger partial charge in [0.05, 0.1) is 6.42 Å². The number of allylic oxidation sites excluding steroid dienone is 2. The fourth-order valence-corrected chi connectivity index (χ4v) is 4.11. The van der Waals surface area contributed by atoms with Crippen molar-refractivity contribution in [3.63, 3.8) is 0 Å². The molecule has 0 saturated carbocycles. The maximum Gasteiger partial charge on any atom is 0.304 e. The van der Waals surface area contributed by atoms with Gasteiger partial charge in [-0.15, -0.1) is 0 Å². The van der Waals surface area contributed by atoms with Crippen LogP contribution in [0.5, 0.6) is 0 Å². The standard InChI is InChI=1S/C16H26O2/c1-11-7-8-12-13(6-5-9-15(12,2)3)16(11,4)10-14(17)18/h11H,5-10H2,1-4H3,(H,17,18)/t11-,16+/m1/s1. The summed E-state index contributed by atoms with van der Waals surface area (Å²) in [7, 11) is 0. The molecule has 1 N–H and O–H groups in total. The Bertz CT molecular complexity index is 392. The predicted octanol–water partition coefficient (Wildman–Crippen LogP) is 4.40. The van der Waals surface area contributed by atoms with Gasteiger partial charge in [-0.25, -0.2) is 0 Å². The van der Waals surface area contributed by atoms with Crippen molar-refractivity contribution in [2.75, 3.05) is 0 Å². The minimum Gasteiger partial charge on any atom is -0.481 e. The highest BCUT2D eigenvalue weighted by molar-refractivity contribution is 5.68. The van der Waals surface area contributed by atoms with Crippen LogP contribution >= 0.6 is 0 Å². The van der Waals surface area contributed by atoms with Crippen molar-refractivity contribution in [1.82, 2.24) is 0 Å². The van der Waals surface area contributed by atoms with E-state index in [1.54, 1.807) is 5.57 Å². The number of carboxylic acids is 1. The first-order valence-corrected chi connectivity index (χ1v) is 7.22. The highest BCUT2D eigenvalue weighted by atomic mass is 16.4. The molecule has 18 heavy (non-hydrogen) atoms. The molecule has 2 heteroatoms. The summed E-state index contributed by atoms with van der Waals surface area (Å²) in [4.78, 5) is 11.2. The summed E-state index contributed by atoms with van der Waals surface area (Å²) in [6.07, 6.45) is 6.21. The van der Waals surface area contributed by atoms with Gasteiger partial charge in [0.2, 0.25) is 0 Å². The van der Waals surface area contributed by atoms with Gasteiger partial charge in [0.25, 0.3) is 0 Å². The van der Waals surface area contributed by atoms with E-state index in [1.165, 1.54) is 24.8 Å². The molecule has 0 radical (unpaired) electrons. The van der Waals surface area contributed by atoms with Crippen molar-refractivity contribution in [2.45, 2.75) is 66.2 Å². The van der Waals surface area contributed by atoms with Gasteiger partial charge >= 0.3 is 5.97 Å². The lowest BCUT2D eigenvalue weighted by molar-refractivity contribution is -0.140. The van der Waals surface area contributed by atoms with Gasteiger partial charge in [0.1, 0.15) is 0 Å². The van der Waals surface area contributed by atoms with E-state index in [9.17, 15) is 9.90 Å². The van der Waals surface area contributed by atoms with Gasteiger partial charge in [-0.2, -0.15) is 0 Å². The molecule has 0 aromatic carbocycles. The zero-order valence-corrected chi connectivity index (χ0v) is 12.2. The van der Waals surface area contributed by atoms with Gasteiger partial charge < -0.3 is 5.11 Å². The minimum atomic E-state index is -0.651. The van der Waals surface area contributed by atoms with E-state index in [2.05, 4.69) is 27.7 Å². The number of carboxylic acid groups (broad SMARTS) is 1. The largest absolute Gasteiger partial charge is 0.481 e. The molecule has 2 nitrogen and oxygen atoms in total. The highest BCUT2D eigenvalue weighted by Crippen LogP contribution is 2.56. The van der Waals surface area contributed by atoms with Crippen LogP contribution in [0.3, 0.4) is 0 Å². The zero-order valence-electron chi connectivity index (χ0n) is 12.2. The molecular weight excluding hydrogens is 224 g/mol. The molecule has 0 fully saturated rings. The van der Waals surface area contributed by atoms with Crippen molar-refractivity contribution in [1.29, 1.82) is 0 Å². The first-order chi connectivity index (χ1) is 8.27. The Morgan fingerprint density at radius 3 is 2.56 bits per heavy atom. The van der Waals surface area contributed by atoms with Gasteiger partial charge in [0.15, 0.2) is 0 Å². The van der Waals surface area contributed by atoms with Crippen molar-refractivity contribution >= 4 is 5.97 Å². The summed E-state index contributed by atoms with van der Waals surface area (Å²) in [5.74, 6) is -0.164. The molecular formula is C16H26O2. The summed E-state index contributed by atoms with van der Waals surface area (Å²) < 4.78 is 0. The summed E-state index contributed by atoms with van der Waals surface area (Å²) >= 11 is 0. The maximum absolute atomic E-state index is 11.2. The van der Waals surface area contributed by atoms with Crippen molar-refractivity contribution < 1.29 is 9.90 Å². The second kappa shape index (κ2) is 4.40. The Kier molecular flexibility index (Phi) is 3.33. The van der Waals surface area contributed by atoms with Crippen LogP contribution in [-0.2, 0) is 4.79 Å². The summed E-state index contributed by atoms with van der Waals surface area (Å²) in [6, 6.07) is 0. The van der Waals surface area contributed by atoms with Gasteiger partial charge in [-0.05, 0) is 43.4 Å². The summed E-state index contributed by atoms with van der Waals surface area (Å²) in [5.41, 5.74) is 3.24. The Hall–Kier alpha value is -0.790. The number of rotatable bonds is 2. The topological polar surface area (TPSA) is 37.3 Å². The molecule has 0 aromatic heterocycles. The molecule has 0 bridgehead atoms. The predicted molar refractivity (Wildman–Crippen MR) is 73.4 cm³/mol. The van der Waals surface area contributed by atoms with Crippen LogP contribution in [0, 0.1) is 16.7 Å². The lowest BCUT2D eigenvalue weighted by atomic mass is 9.56. The second-order valence-electron chi connectivity index (χ2n) is 7.12. The highest BCUT2D eigenvalue weighted by Gasteiger charge is 2.45. The van der Waals surface area contributed by atoms with Crippen LogP contribution in [0.15, 0.2) is 11.1 Å². The lowest BCUT2D eigenvalue weighted by Gasteiger charge is -2.49. The molecule has 0 heterocycles. The summed E-state index contributed by atoms with van der Waals surface area (Å²) in [6.45, 7) is 9.08. The average Bonchev–Trinajstić information content (AvgIpc) is 2.23. The maximum atomic E-state index is 11.2. The van der Waals surface area contributed by atoms with E-state index < -0.39 is 5.97 Å². The third-order valence-electron chi connectivity index (χ3n) is 5.53. The number of hydrogen-bond acceptors (Lipinski definition) is 1. The molecule has 0 unspecified atom stereocenters. The molecule has 0 aromatic rings. The quantitative estimate of drug-likeness (QED) is 0.737. The lowest BCUT2D eigenvalue weighted by Crippen LogP contribution is -2.39. The molecule has 2 atom stereocenters. The van der Waals surface area contributed by atoms with E-state index >= 15 is 0 Å². The fourth-order valence-electron chi connectivity index (χ4n) is 4.11. The van der Waals surface area contributed by atoms with Crippen LogP contribution in [-0.4, -0.2) is 11.1 Å². The Morgan fingerprint density at radius 2 is 1.94 bits per heavy atom. The Morgan fingerprint density at radius 1 is 1.28 bits per heavy atom. The second-order valence-corrected chi connectivity index (χ2v) is 7.12. The molecule has 0 saturated heterocycles. The van der Waals surface area contributed by atoms with Crippen molar-refractivity contribution in [3.05, 3.63) is 11.1 Å². The number of hydrogen-bond donors (Lipinski definition) is 1. The van der Waals surface area contributed by atoms with E-state index in [0.717, 1.165) is 12.8 Å². The SMILES string of the molecule is C[C@@H]1CCC2=C(CCCC2(C)C)[C@@]1(C)CC(=O)O. The number of carbonyl (C=O) groups is 1. The zero-order chi connectivity index (χ0) is 13.6. The molecule has 2 aliphatic rings. The van der Waals surface area contributed by atoms with E-state index in [1.807, 2.05) is 0 Å². The van der Waals surface area contributed by atoms with Gasteiger partial charge in [0, 0.05) is 5.41 Å². The van der Waals surface area contributed by atoms with Crippen LogP contribution in [0.25, 0.3) is 0 Å². The molecule has 2 aliphatic carbocycles. The van der Waals surface area contributed by atoms with E-state index in [4.69, 9.17) is 0 Å². The number of aliphatic carboxylic acids is 1. The van der Waals surface area contributed by atoms with E-state index in [-0.39, 0.29) is 10.8 Å². The summed E-state index contributed by atoms with van der Waals surface area (Å²) in [5, 5.41) is 9.25. The van der Waals surface area contributed by atoms with Crippen LogP contribution in [0.2, 0.25) is 0 Å². The Labute approximate surface area is 110 Å². The average molecular weight is 250 g/mol. The Balaban J connectivity index is 2.47. The van der Waals surface area contributed by atoms with Crippen molar-refractivity contribution in [3.8, 4) is 0 Å². The minimum absolute atomic E-state index is 0.114. The first-order valence-electron chi connectivity index (χ1n) is 7.22. The van der Waals surface area contributed by atoms with Crippen molar-refractivity contribution in [2.24, 2.45) is 16.7 Å². The van der Waals surface area contributed by atoms with Crippen LogP contribution in [0.4, 0.5) is 0 Å². The molecule has 0 aliphatic heterocycles. The normalized spacial score (nSPS) is 35.2.